The molecule has 1 aliphatic rings. The molecule has 0 aliphatic carbocycles. The minimum Gasteiger partial charge on any atom is -0.507 e. The lowest BCUT2D eigenvalue weighted by atomic mass is 9.95. The van der Waals surface area contributed by atoms with E-state index in [0.29, 0.717) is 36.4 Å². The Morgan fingerprint density at radius 3 is 2.37 bits per heavy atom. The van der Waals surface area contributed by atoms with Crippen LogP contribution in [0, 0.1) is 0 Å². The summed E-state index contributed by atoms with van der Waals surface area (Å²) in [7, 11) is 5.29. The lowest BCUT2D eigenvalue weighted by Gasteiger charge is -2.26. The molecule has 0 aromatic heterocycles. The highest BCUT2D eigenvalue weighted by Gasteiger charge is 2.46. The van der Waals surface area contributed by atoms with Gasteiger partial charge in [-0.2, -0.15) is 0 Å². The number of aliphatic hydroxyl groups is 1. The Balaban J connectivity index is 1.67. The molecule has 3 aromatic carbocycles. The van der Waals surface area contributed by atoms with Gasteiger partial charge in [-0.1, -0.05) is 36.4 Å². The van der Waals surface area contributed by atoms with Crippen molar-refractivity contribution in [1.82, 2.24) is 9.80 Å². The van der Waals surface area contributed by atoms with Gasteiger partial charge in [-0.15, -0.1) is 0 Å². The molecule has 1 fully saturated rings. The van der Waals surface area contributed by atoms with E-state index in [2.05, 4.69) is 0 Å². The average Bonchev–Trinajstić information content (AvgIpc) is 3.17. The first-order valence-electron chi connectivity index (χ1n) is 12.4. The van der Waals surface area contributed by atoms with E-state index < -0.39 is 17.7 Å². The molecule has 3 aromatic rings. The van der Waals surface area contributed by atoms with Gasteiger partial charge in [0.2, 0.25) is 0 Å². The number of ketones is 1. The van der Waals surface area contributed by atoms with Crippen molar-refractivity contribution in [1.29, 1.82) is 0 Å². The highest BCUT2D eigenvalue weighted by molar-refractivity contribution is 6.46. The Bertz CT molecular complexity index is 1320. The topological polar surface area (TPSA) is 99.5 Å². The largest absolute Gasteiger partial charge is 0.507 e. The van der Waals surface area contributed by atoms with Gasteiger partial charge >= 0.3 is 0 Å². The third-order valence-electron chi connectivity index (χ3n) is 6.44. The van der Waals surface area contributed by atoms with E-state index in [4.69, 9.17) is 9.47 Å². The van der Waals surface area contributed by atoms with Crippen LogP contribution in [0.15, 0.2) is 78.4 Å². The Labute approximate surface area is 222 Å². The summed E-state index contributed by atoms with van der Waals surface area (Å²) in [4.78, 5) is 29.8. The third-order valence-corrected chi connectivity index (χ3v) is 6.44. The Morgan fingerprint density at radius 1 is 1.00 bits per heavy atom. The number of Topliss-reactive ketones (excluding diaryl/α,β-unsaturated/α-hetero) is 1. The first kappa shape index (κ1) is 26.8. The fraction of sp³-hybridized carbons (Fsp3) is 0.267. The van der Waals surface area contributed by atoms with Crippen LogP contribution in [-0.2, 0) is 16.2 Å². The molecule has 198 valence electrons. The van der Waals surface area contributed by atoms with E-state index in [0.717, 1.165) is 12.1 Å². The van der Waals surface area contributed by atoms with Gasteiger partial charge in [-0.3, -0.25) is 9.59 Å². The molecular weight excluding hydrogens is 484 g/mol. The number of phenols is 1. The standard InChI is InChI=1S/C30H32N2O6/c1-31(2)16-7-17-32-27(22-12-15-24(33)25(18-22)37-3)26(29(35)30(32)36)28(34)21-10-13-23(14-11-21)38-19-20-8-5-4-6-9-20/h4-6,8-15,18,27,33-34H,7,16-17,19H2,1-3H3/b28-26+. The number of rotatable bonds is 10. The van der Waals surface area contributed by atoms with Gasteiger partial charge in [-0.25, -0.2) is 0 Å². The number of benzene rings is 3. The highest BCUT2D eigenvalue weighted by atomic mass is 16.5. The van der Waals surface area contributed by atoms with Crippen LogP contribution in [0.3, 0.4) is 0 Å². The number of nitrogens with zero attached hydrogens (tertiary/aromatic N) is 2. The van der Waals surface area contributed by atoms with Crippen molar-refractivity contribution in [3.8, 4) is 17.2 Å². The molecule has 1 saturated heterocycles. The van der Waals surface area contributed by atoms with Crippen molar-refractivity contribution in [2.75, 3.05) is 34.3 Å². The number of aromatic hydroxyl groups is 1. The molecule has 2 N–H and O–H groups in total. The Kier molecular flexibility index (Phi) is 8.33. The van der Waals surface area contributed by atoms with Crippen molar-refractivity contribution in [3.05, 3.63) is 95.1 Å². The number of hydrogen-bond donors (Lipinski definition) is 2. The summed E-state index contributed by atoms with van der Waals surface area (Å²) in [6, 6.07) is 20.3. The number of hydrogen-bond acceptors (Lipinski definition) is 7. The molecule has 1 heterocycles. The lowest BCUT2D eigenvalue weighted by molar-refractivity contribution is -0.139. The van der Waals surface area contributed by atoms with Crippen molar-refractivity contribution in [2.45, 2.75) is 19.1 Å². The highest BCUT2D eigenvalue weighted by Crippen LogP contribution is 2.42. The quantitative estimate of drug-likeness (QED) is 0.235. The average molecular weight is 517 g/mol. The van der Waals surface area contributed by atoms with E-state index in [-0.39, 0.29) is 22.8 Å². The summed E-state index contributed by atoms with van der Waals surface area (Å²) in [6.45, 7) is 1.44. The van der Waals surface area contributed by atoms with Crippen LogP contribution in [-0.4, -0.2) is 66.0 Å². The molecule has 0 bridgehead atoms. The number of aliphatic hydroxyl groups excluding tert-OH is 1. The van der Waals surface area contributed by atoms with Crippen LogP contribution < -0.4 is 9.47 Å². The predicted molar refractivity (Wildman–Crippen MR) is 144 cm³/mol. The maximum absolute atomic E-state index is 13.2. The van der Waals surface area contributed by atoms with Gasteiger partial charge in [0, 0.05) is 12.1 Å². The molecule has 38 heavy (non-hydrogen) atoms. The zero-order chi connectivity index (χ0) is 27.2. The van der Waals surface area contributed by atoms with Crippen molar-refractivity contribution in [3.63, 3.8) is 0 Å². The molecule has 0 saturated carbocycles. The minimum atomic E-state index is -0.833. The summed E-state index contributed by atoms with van der Waals surface area (Å²) in [5, 5.41) is 21.4. The number of amides is 1. The van der Waals surface area contributed by atoms with Gasteiger partial charge in [0.1, 0.15) is 18.1 Å². The van der Waals surface area contributed by atoms with Crippen molar-refractivity contribution < 1.29 is 29.3 Å². The van der Waals surface area contributed by atoms with Gasteiger partial charge in [0.25, 0.3) is 11.7 Å². The van der Waals surface area contributed by atoms with Gasteiger partial charge in [-0.05, 0) is 74.6 Å². The minimum absolute atomic E-state index is 0.00875. The zero-order valence-electron chi connectivity index (χ0n) is 21.8. The van der Waals surface area contributed by atoms with Gasteiger partial charge in [0.05, 0.1) is 18.7 Å². The number of carbonyl (C=O) groups excluding carboxylic acids is 2. The SMILES string of the molecule is COc1cc(C2/C(=C(\O)c3ccc(OCc4ccccc4)cc3)C(=O)C(=O)N2CCCN(C)C)ccc1O. The molecule has 1 amide bonds. The van der Waals surface area contributed by atoms with E-state index >= 15 is 0 Å². The summed E-state index contributed by atoms with van der Waals surface area (Å²) in [5.74, 6) is -0.952. The molecule has 8 heteroatoms. The number of ether oxygens (including phenoxy) is 2. The zero-order valence-corrected chi connectivity index (χ0v) is 21.8. The van der Waals surface area contributed by atoms with Crippen LogP contribution in [0.1, 0.15) is 29.2 Å². The molecule has 4 rings (SSSR count). The number of carbonyl (C=O) groups is 2. The van der Waals surface area contributed by atoms with Gasteiger partial charge in [0.15, 0.2) is 11.5 Å². The molecule has 1 aliphatic heterocycles. The molecule has 0 radical (unpaired) electrons. The maximum atomic E-state index is 13.2. The third kappa shape index (κ3) is 5.81. The van der Waals surface area contributed by atoms with Crippen LogP contribution in [0.25, 0.3) is 5.76 Å². The summed E-state index contributed by atoms with van der Waals surface area (Å²) < 4.78 is 11.1. The normalized spacial score (nSPS) is 16.7. The van der Waals surface area contributed by atoms with Crippen LogP contribution >= 0.6 is 0 Å². The second-order valence-corrected chi connectivity index (χ2v) is 9.38. The Hall–Kier alpha value is -4.30. The first-order valence-corrected chi connectivity index (χ1v) is 12.4. The summed E-state index contributed by atoms with van der Waals surface area (Å²) >= 11 is 0. The van der Waals surface area contributed by atoms with Gasteiger partial charge < -0.3 is 29.5 Å². The van der Waals surface area contributed by atoms with Crippen LogP contribution in [0.5, 0.6) is 17.2 Å². The smallest absolute Gasteiger partial charge is 0.295 e. The molecule has 8 nitrogen and oxygen atoms in total. The fourth-order valence-electron chi connectivity index (χ4n) is 4.48. The molecular formula is C30H32N2O6. The maximum Gasteiger partial charge on any atom is 0.295 e. The first-order chi connectivity index (χ1) is 18.3. The molecule has 0 spiro atoms. The van der Waals surface area contributed by atoms with E-state index in [1.807, 2.05) is 49.3 Å². The van der Waals surface area contributed by atoms with E-state index in [1.165, 1.54) is 18.1 Å². The second kappa shape index (κ2) is 11.8. The summed E-state index contributed by atoms with van der Waals surface area (Å²) in [6.07, 6.45) is 0.638. The molecule has 1 unspecified atom stereocenters. The van der Waals surface area contributed by atoms with E-state index in [1.54, 1.807) is 36.4 Å². The lowest BCUT2D eigenvalue weighted by Crippen LogP contribution is -2.32. The predicted octanol–water partition coefficient (Wildman–Crippen LogP) is 4.35. The Morgan fingerprint density at radius 2 is 1.71 bits per heavy atom. The summed E-state index contributed by atoms with van der Waals surface area (Å²) in [5.41, 5.74) is 1.95. The van der Waals surface area contributed by atoms with Crippen molar-refractivity contribution >= 4 is 17.4 Å². The number of phenolic OH excluding ortho intramolecular Hbond substituents is 1. The second-order valence-electron chi connectivity index (χ2n) is 9.38. The van der Waals surface area contributed by atoms with E-state index in [9.17, 15) is 19.8 Å². The number of likely N-dealkylation sites (tertiary alicyclic amines) is 1. The molecule has 1 atom stereocenters. The van der Waals surface area contributed by atoms with Crippen LogP contribution in [0.2, 0.25) is 0 Å². The fourth-order valence-corrected chi connectivity index (χ4v) is 4.48. The van der Waals surface area contributed by atoms with Crippen molar-refractivity contribution in [2.24, 2.45) is 0 Å². The van der Waals surface area contributed by atoms with Crippen LogP contribution in [0.4, 0.5) is 0 Å². The monoisotopic (exact) mass is 516 g/mol. The number of methoxy groups -OCH3 is 1.